The molecule has 0 N–H and O–H groups in total. The Hall–Kier alpha value is -2.15. The zero-order valence-electron chi connectivity index (χ0n) is 19.0. The Balaban J connectivity index is 1.85. The highest BCUT2D eigenvalue weighted by atomic mass is 35.5. The number of benzene rings is 3. The SMILES string of the molecule is CCOc1c(Cl)cc(Cl)cc1/C=C1/SC(=Nc2ccc(C)c(Cl)c2)N(c2ccc(C)c(Cl)c2)C1=O. The van der Waals surface area contributed by atoms with Gasteiger partial charge in [-0.2, -0.15) is 0 Å². The van der Waals surface area contributed by atoms with Crippen molar-refractivity contribution in [1.29, 1.82) is 0 Å². The number of ether oxygens (including phenoxy) is 1. The van der Waals surface area contributed by atoms with E-state index in [0.29, 0.717) is 59.5 Å². The highest BCUT2D eigenvalue weighted by Crippen LogP contribution is 2.41. The van der Waals surface area contributed by atoms with Crippen LogP contribution in [0.5, 0.6) is 5.75 Å². The highest BCUT2D eigenvalue weighted by Gasteiger charge is 2.35. The number of anilines is 1. The monoisotopic (exact) mass is 564 g/mol. The fourth-order valence-corrected chi connectivity index (χ4v) is 5.29. The summed E-state index contributed by atoms with van der Waals surface area (Å²) in [7, 11) is 0. The molecule has 0 bridgehead atoms. The molecule has 0 aromatic heterocycles. The quantitative estimate of drug-likeness (QED) is 0.289. The summed E-state index contributed by atoms with van der Waals surface area (Å²) >= 11 is 26.5. The van der Waals surface area contributed by atoms with Gasteiger partial charge in [-0.3, -0.25) is 9.69 Å². The van der Waals surface area contributed by atoms with Crippen molar-refractivity contribution in [2.75, 3.05) is 11.5 Å². The first-order valence-electron chi connectivity index (χ1n) is 10.6. The number of hydrogen-bond acceptors (Lipinski definition) is 4. The van der Waals surface area contributed by atoms with Gasteiger partial charge >= 0.3 is 0 Å². The van der Waals surface area contributed by atoms with Crippen LogP contribution in [-0.2, 0) is 4.79 Å². The van der Waals surface area contributed by atoms with E-state index in [0.717, 1.165) is 11.1 Å². The molecule has 4 rings (SSSR count). The zero-order valence-corrected chi connectivity index (χ0v) is 22.9. The normalized spacial score (nSPS) is 16.0. The van der Waals surface area contributed by atoms with Gasteiger partial charge in [0.15, 0.2) is 5.17 Å². The summed E-state index contributed by atoms with van der Waals surface area (Å²) in [5.41, 5.74) is 3.68. The lowest BCUT2D eigenvalue weighted by Gasteiger charge is -2.17. The van der Waals surface area contributed by atoms with Crippen molar-refractivity contribution in [1.82, 2.24) is 0 Å². The zero-order chi connectivity index (χ0) is 25.3. The molecule has 1 aliphatic heterocycles. The maximum absolute atomic E-state index is 13.6. The number of thioether (sulfide) groups is 1. The van der Waals surface area contributed by atoms with Crippen LogP contribution in [0, 0.1) is 13.8 Å². The molecule has 0 saturated carbocycles. The number of hydrogen-bond donors (Lipinski definition) is 0. The first kappa shape index (κ1) is 25.9. The second-order valence-corrected chi connectivity index (χ2v) is 10.4. The van der Waals surface area contributed by atoms with Gasteiger partial charge in [0, 0.05) is 20.6 Å². The van der Waals surface area contributed by atoms with Crippen LogP contribution < -0.4 is 9.64 Å². The van der Waals surface area contributed by atoms with Gasteiger partial charge in [-0.1, -0.05) is 58.5 Å². The largest absolute Gasteiger partial charge is 0.492 e. The minimum absolute atomic E-state index is 0.259. The molecule has 4 nitrogen and oxygen atoms in total. The van der Waals surface area contributed by atoms with Crippen molar-refractivity contribution in [2.45, 2.75) is 20.8 Å². The first-order valence-corrected chi connectivity index (χ1v) is 13.0. The van der Waals surface area contributed by atoms with Gasteiger partial charge in [-0.25, -0.2) is 4.99 Å². The number of amidine groups is 1. The second kappa shape index (κ2) is 10.9. The molecular weight excluding hydrogens is 546 g/mol. The Kier molecular flexibility index (Phi) is 8.04. The van der Waals surface area contributed by atoms with E-state index < -0.39 is 0 Å². The molecule has 3 aromatic rings. The predicted octanol–water partition coefficient (Wildman–Crippen LogP) is 9.12. The number of halogens is 4. The van der Waals surface area contributed by atoms with E-state index in [1.165, 1.54) is 16.7 Å². The van der Waals surface area contributed by atoms with Crippen LogP contribution in [0.25, 0.3) is 6.08 Å². The second-order valence-electron chi connectivity index (χ2n) is 7.75. The van der Waals surface area contributed by atoms with E-state index in [9.17, 15) is 4.79 Å². The van der Waals surface area contributed by atoms with E-state index in [4.69, 9.17) is 56.1 Å². The van der Waals surface area contributed by atoms with E-state index in [1.807, 2.05) is 45.0 Å². The van der Waals surface area contributed by atoms with Crippen molar-refractivity contribution < 1.29 is 9.53 Å². The minimum Gasteiger partial charge on any atom is -0.492 e. The average Bonchev–Trinajstić information content (AvgIpc) is 3.09. The highest BCUT2D eigenvalue weighted by molar-refractivity contribution is 8.19. The molecule has 0 unspecified atom stereocenters. The third-order valence-corrected chi connectivity index (χ3v) is 7.49. The lowest BCUT2D eigenvalue weighted by molar-refractivity contribution is -0.113. The number of carbonyl (C=O) groups excluding carboxylic acids is 1. The Morgan fingerprint density at radius 2 is 1.63 bits per heavy atom. The minimum atomic E-state index is -0.259. The molecule has 1 fully saturated rings. The lowest BCUT2D eigenvalue weighted by atomic mass is 10.1. The number of nitrogens with zero attached hydrogens (tertiary/aromatic N) is 2. The number of carbonyl (C=O) groups is 1. The fraction of sp³-hybridized carbons (Fsp3) is 0.154. The Morgan fingerprint density at radius 1 is 0.943 bits per heavy atom. The molecule has 1 saturated heterocycles. The number of aryl methyl sites for hydroxylation is 2. The summed E-state index contributed by atoms with van der Waals surface area (Å²) < 4.78 is 5.72. The van der Waals surface area contributed by atoms with Gasteiger partial charge in [0.1, 0.15) is 5.75 Å². The summed E-state index contributed by atoms with van der Waals surface area (Å²) in [6.07, 6.45) is 1.71. The summed E-state index contributed by atoms with van der Waals surface area (Å²) in [6, 6.07) is 14.3. The van der Waals surface area contributed by atoms with Crippen LogP contribution in [0.4, 0.5) is 11.4 Å². The van der Waals surface area contributed by atoms with Crippen molar-refractivity contribution in [2.24, 2.45) is 4.99 Å². The first-order chi connectivity index (χ1) is 16.7. The molecule has 35 heavy (non-hydrogen) atoms. The molecule has 180 valence electrons. The van der Waals surface area contributed by atoms with Gasteiger partial charge in [0.2, 0.25) is 0 Å². The van der Waals surface area contributed by atoms with Crippen LogP contribution in [0.2, 0.25) is 20.1 Å². The fourth-order valence-electron chi connectivity index (χ4n) is 3.38. The van der Waals surface area contributed by atoms with Crippen LogP contribution in [0.1, 0.15) is 23.6 Å². The molecule has 0 aliphatic carbocycles. The molecule has 1 aliphatic rings. The molecule has 1 amide bonds. The third-order valence-electron chi connectivity index (χ3n) is 5.21. The van der Waals surface area contributed by atoms with Crippen LogP contribution in [0.15, 0.2) is 58.4 Å². The standard InChI is InChI=1S/C26H20Cl4N2O2S/c1-4-34-24-16(9-17(27)11-22(24)30)10-23-25(33)32(19-8-6-15(3)21(29)13-19)26(35-23)31-18-7-5-14(2)20(28)12-18/h5-13H,4H2,1-3H3/b23-10+,31-26?. The van der Waals surface area contributed by atoms with Crippen LogP contribution >= 0.6 is 58.2 Å². The molecule has 3 aromatic carbocycles. The summed E-state index contributed by atoms with van der Waals surface area (Å²) in [5, 5.41) is 2.41. The lowest BCUT2D eigenvalue weighted by Crippen LogP contribution is -2.28. The molecule has 0 spiro atoms. The smallest absolute Gasteiger partial charge is 0.271 e. The predicted molar refractivity (Wildman–Crippen MR) is 150 cm³/mol. The van der Waals surface area contributed by atoms with Gasteiger partial charge < -0.3 is 4.74 Å². The Bertz CT molecular complexity index is 1390. The summed E-state index contributed by atoms with van der Waals surface area (Å²) in [5.74, 6) is 0.200. The van der Waals surface area contributed by atoms with Crippen molar-refractivity contribution >= 4 is 86.7 Å². The molecule has 1 heterocycles. The topological polar surface area (TPSA) is 41.9 Å². The Labute approximate surface area is 228 Å². The summed E-state index contributed by atoms with van der Waals surface area (Å²) in [4.78, 5) is 20.3. The van der Waals surface area contributed by atoms with Gasteiger partial charge in [0.05, 0.1) is 27.9 Å². The Morgan fingerprint density at radius 3 is 2.29 bits per heavy atom. The molecule has 0 atom stereocenters. The van der Waals surface area contributed by atoms with E-state index >= 15 is 0 Å². The number of amides is 1. The molecule has 9 heteroatoms. The molecular formula is C26H20Cl4N2O2S. The maximum Gasteiger partial charge on any atom is 0.271 e. The van der Waals surface area contributed by atoms with E-state index in [-0.39, 0.29) is 5.91 Å². The third kappa shape index (κ3) is 5.65. The van der Waals surface area contributed by atoms with Gasteiger partial charge in [-0.15, -0.1) is 0 Å². The van der Waals surface area contributed by atoms with E-state index in [1.54, 1.807) is 30.3 Å². The van der Waals surface area contributed by atoms with E-state index in [2.05, 4.69) is 0 Å². The maximum atomic E-state index is 13.6. The number of rotatable bonds is 5. The summed E-state index contributed by atoms with van der Waals surface area (Å²) in [6.45, 7) is 6.09. The van der Waals surface area contributed by atoms with Crippen molar-refractivity contribution in [3.8, 4) is 5.75 Å². The van der Waals surface area contributed by atoms with Crippen LogP contribution in [0.3, 0.4) is 0 Å². The van der Waals surface area contributed by atoms with Gasteiger partial charge in [0.25, 0.3) is 5.91 Å². The van der Waals surface area contributed by atoms with Gasteiger partial charge in [-0.05, 0) is 86.1 Å². The molecule has 0 radical (unpaired) electrons. The number of aliphatic imine (C=N–C) groups is 1. The van der Waals surface area contributed by atoms with Crippen LogP contribution in [-0.4, -0.2) is 17.7 Å². The average molecular weight is 566 g/mol. The van der Waals surface area contributed by atoms with Crippen molar-refractivity contribution in [3.63, 3.8) is 0 Å². The van der Waals surface area contributed by atoms with Crippen molar-refractivity contribution in [3.05, 3.63) is 90.2 Å².